The fourth-order valence-electron chi connectivity index (χ4n) is 2.73. The molecule has 0 radical (unpaired) electrons. The van der Waals surface area contributed by atoms with Crippen LogP contribution < -0.4 is 5.73 Å². The lowest BCUT2D eigenvalue weighted by molar-refractivity contribution is 0.190. The Morgan fingerprint density at radius 3 is 2.68 bits per heavy atom. The molecule has 0 aromatic carbocycles. The molecular formula is C16H28N2O. The van der Waals surface area contributed by atoms with Crippen molar-refractivity contribution in [1.29, 1.82) is 0 Å². The third kappa shape index (κ3) is 3.40. The van der Waals surface area contributed by atoms with E-state index in [9.17, 15) is 0 Å². The molecule has 0 aliphatic heterocycles. The number of nitrogens with two attached hydrogens (primary N) is 1. The van der Waals surface area contributed by atoms with Crippen LogP contribution in [0.1, 0.15) is 57.1 Å². The van der Waals surface area contributed by atoms with Crippen molar-refractivity contribution in [3.05, 3.63) is 23.7 Å². The van der Waals surface area contributed by atoms with E-state index in [-0.39, 0.29) is 6.04 Å². The Kier molecular flexibility index (Phi) is 4.69. The van der Waals surface area contributed by atoms with Crippen molar-refractivity contribution >= 4 is 0 Å². The quantitative estimate of drug-likeness (QED) is 0.821. The zero-order valence-corrected chi connectivity index (χ0v) is 12.7. The van der Waals surface area contributed by atoms with Crippen molar-refractivity contribution in [3.8, 4) is 0 Å². The van der Waals surface area contributed by atoms with Gasteiger partial charge in [-0.15, -0.1) is 0 Å². The summed E-state index contributed by atoms with van der Waals surface area (Å²) in [4.78, 5) is 2.33. The van der Waals surface area contributed by atoms with E-state index in [0.717, 1.165) is 24.0 Å². The van der Waals surface area contributed by atoms with Gasteiger partial charge in [0.15, 0.2) is 0 Å². The predicted octanol–water partition coefficient (Wildman–Crippen LogP) is 3.38. The lowest BCUT2D eigenvalue weighted by Gasteiger charge is -2.27. The Morgan fingerprint density at radius 2 is 2.16 bits per heavy atom. The van der Waals surface area contributed by atoms with Gasteiger partial charge in [0, 0.05) is 19.0 Å². The van der Waals surface area contributed by atoms with Gasteiger partial charge in [0.1, 0.15) is 11.5 Å². The topological polar surface area (TPSA) is 42.4 Å². The second kappa shape index (κ2) is 6.10. The van der Waals surface area contributed by atoms with E-state index in [0.29, 0.717) is 18.4 Å². The van der Waals surface area contributed by atoms with E-state index in [1.165, 1.54) is 12.8 Å². The number of furan rings is 1. The smallest absolute Gasteiger partial charge is 0.122 e. The third-order valence-corrected chi connectivity index (χ3v) is 4.50. The zero-order chi connectivity index (χ0) is 14.0. The molecule has 4 unspecified atom stereocenters. The monoisotopic (exact) mass is 264 g/mol. The van der Waals surface area contributed by atoms with E-state index in [1.807, 2.05) is 0 Å². The van der Waals surface area contributed by atoms with Crippen LogP contribution >= 0.6 is 0 Å². The van der Waals surface area contributed by atoms with Crippen molar-refractivity contribution in [3.63, 3.8) is 0 Å². The molecule has 1 aromatic heterocycles. The number of hydrogen-bond donors (Lipinski definition) is 1. The zero-order valence-electron chi connectivity index (χ0n) is 12.7. The van der Waals surface area contributed by atoms with Crippen molar-refractivity contribution in [2.75, 3.05) is 20.1 Å². The van der Waals surface area contributed by atoms with Crippen LogP contribution in [0.3, 0.4) is 0 Å². The van der Waals surface area contributed by atoms with Crippen LogP contribution in [0, 0.1) is 11.8 Å². The second-order valence-electron chi connectivity index (χ2n) is 6.26. The van der Waals surface area contributed by atoms with Crippen molar-refractivity contribution < 1.29 is 4.42 Å². The summed E-state index contributed by atoms with van der Waals surface area (Å²) in [6, 6.07) is 4.46. The Balaban J connectivity index is 2.02. The number of likely N-dealkylation sites (N-methyl/N-ethyl adjacent to an activating group) is 1. The summed E-state index contributed by atoms with van der Waals surface area (Å²) in [6.45, 7) is 8.47. The van der Waals surface area contributed by atoms with Crippen LogP contribution in [0.4, 0.5) is 0 Å². The molecule has 2 N–H and O–H groups in total. The van der Waals surface area contributed by atoms with Gasteiger partial charge in [0.2, 0.25) is 0 Å². The molecule has 1 fully saturated rings. The summed E-state index contributed by atoms with van der Waals surface area (Å²) in [5.41, 5.74) is 5.95. The molecule has 108 valence electrons. The molecule has 1 aliphatic rings. The highest BCUT2D eigenvalue weighted by Crippen LogP contribution is 2.47. The molecule has 1 heterocycles. The molecular weight excluding hydrogens is 236 g/mol. The average Bonchev–Trinajstić information content (AvgIpc) is 2.92. The number of nitrogens with zero attached hydrogens (tertiary/aromatic N) is 1. The summed E-state index contributed by atoms with van der Waals surface area (Å²) in [6.07, 6.45) is 2.47. The fourth-order valence-corrected chi connectivity index (χ4v) is 2.73. The molecule has 3 heteroatoms. The van der Waals surface area contributed by atoms with Crippen molar-refractivity contribution in [2.24, 2.45) is 17.6 Å². The van der Waals surface area contributed by atoms with Gasteiger partial charge in [-0.1, -0.05) is 27.2 Å². The van der Waals surface area contributed by atoms with E-state index in [2.05, 4.69) is 44.9 Å². The molecule has 2 rings (SSSR count). The maximum Gasteiger partial charge on any atom is 0.122 e. The minimum absolute atomic E-state index is 0.205. The first-order valence-electron chi connectivity index (χ1n) is 7.56. The van der Waals surface area contributed by atoms with Gasteiger partial charge in [-0.2, -0.15) is 0 Å². The molecule has 0 amide bonds. The molecule has 0 spiro atoms. The van der Waals surface area contributed by atoms with Gasteiger partial charge < -0.3 is 10.2 Å². The Labute approximate surface area is 117 Å². The SMILES string of the molecule is CCC(C)CN(C)C(CN)c1ccc(C2CC2C)o1. The molecule has 0 bridgehead atoms. The van der Waals surface area contributed by atoms with Crippen molar-refractivity contribution in [2.45, 2.75) is 45.6 Å². The lowest BCUT2D eigenvalue weighted by atomic mass is 10.1. The first-order chi connectivity index (χ1) is 9.06. The highest BCUT2D eigenvalue weighted by atomic mass is 16.3. The summed E-state index contributed by atoms with van der Waals surface area (Å²) >= 11 is 0. The third-order valence-electron chi connectivity index (χ3n) is 4.50. The summed E-state index contributed by atoms with van der Waals surface area (Å²) in [5.74, 6) is 4.30. The van der Waals surface area contributed by atoms with Crippen LogP contribution in [0.2, 0.25) is 0 Å². The van der Waals surface area contributed by atoms with Gasteiger partial charge in [0.05, 0.1) is 6.04 Å². The maximum absolute atomic E-state index is 6.05. The van der Waals surface area contributed by atoms with Crippen LogP contribution in [0.15, 0.2) is 16.5 Å². The largest absolute Gasteiger partial charge is 0.464 e. The van der Waals surface area contributed by atoms with E-state index < -0.39 is 0 Å². The Hall–Kier alpha value is -0.800. The molecule has 1 aromatic rings. The standard InChI is InChI=1S/C16H28N2O/c1-5-11(2)10-18(4)14(9-17)16-7-6-15(19-16)13-8-12(13)3/h6-7,11-14H,5,8-10,17H2,1-4H3. The second-order valence-corrected chi connectivity index (χ2v) is 6.26. The summed E-state index contributed by atoms with van der Waals surface area (Å²) < 4.78 is 6.05. The first-order valence-corrected chi connectivity index (χ1v) is 7.56. The van der Waals surface area contributed by atoms with Crippen LogP contribution in [0.5, 0.6) is 0 Å². The maximum atomic E-state index is 6.05. The Bertz CT molecular complexity index is 401. The number of rotatable bonds is 7. The van der Waals surface area contributed by atoms with Gasteiger partial charge in [-0.25, -0.2) is 0 Å². The Morgan fingerprint density at radius 1 is 1.47 bits per heavy atom. The van der Waals surface area contributed by atoms with Gasteiger partial charge in [-0.3, -0.25) is 4.90 Å². The summed E-state index contributed by atoms with van der Waals surface area (Å²) in [5, 5.41) is 0. The van der Waals surface area contributed by atoms with Crippen LogP contribution in [-0.2, 0) is 0 Å². The minimum Gasteiger partial charge on any atom is -0.464 e. The molecule has 19 heavy (non-hydrogen) atoms. The summed E-state index contributed by atoms with van der Waals surface area (Å²) in [7, 11) is 2.14. The molecule has 0 saturated heterocycles. The van der Waals surface area contributed by atoms with Crippen LogP contribution in [-0.4, -0.2) is 25.0 Å². The predicted molar refractivity (Wildman–Crippen MR) is 79.1 cm³/mol. The average molecular weight is 264 g/mol. The van der Waals surface area contributed by atoms with E-state index in [1.54, 1.807) is 0 Å². The van der Waals surface area contributed by atoms with Crippen molar-refractivity contribution in [1.82, 2.24) is 4.90 Å². The highest BCUT2D eigenvalue weighted by molar-refractivity contribution is 5.19. The lowest BCUT2D eigenvalue weighted by Crippen LogP contribution is -2.33. The molecule has 3 nitrogen and oxygen atoms in total. The van der Waals surface area contributed by atoms with Gasteiger partial charge >= 0.3 is 0 Å². The van der Waals surface area contributed by atoms with Gasteiger partial charge in [0.25, 0.3) is 0 Å². The molecule has 1 aliphatic carbocycles. The number of hydrogen-bond acceptors (Lipinski definition) is 3. The van der Waals surface area contributed by atoms with E-state index in [4.69, 9.17) is 10.2 Å². The first kappa shape index (κ1) is 14.6. The van der Waals surface area contributed by atoms with Gasteiger partial charge in [-0.05, 0) is 37.4 Å². The van der Waals surface area contributed by atoms with E-state index >= 15 is 0 Å². The molecule has 4 atom stereocenters. The normalized spacial score (nSPS) is 25.6. The fraction of sp³-hybridized carbons (Fsp3) is 0.750. The highest BCUT2D eigenvalue weighted by Gasteiger charge is 2.37. The minimum atomic E-state index is 0.205. The molecule has 1 saturated carbocycles. The van der Waals surface area contributed by atoms with Crippen LogP contribution in [0.25, 0.3) is 0 Å².